The van der Waals surface area contributed by atoms with Crippen LogP contribution >= 0.6 is 0 Å². The molecular formula is C10H18F3NO3. The molecule has 0 aromatic carbocycles. The molecule has 0 saturated heterocycles. The molecule has 0 aromatic heterocycles. The van der Waals surface area contributed by atoms with Crippen molar-refractivity contribution >= 4 is 5.91 Å². The van der Waals surface area contributed by atoms with Crippen LogP contribution in [0.2, 0.25) is 0 Å². The van der Waals surface area contributed by atoms with Crippen LogP contribution in [-0.4, -0.2) is 43.1 Å². The molecular weight excluding hydrogens is 239 g/mol. The Hall–Kier alpha value is -0.820. The van der Waals surface area contributed by atoms with Crippen molar-refractivity contribution in [1.29, 1.82) is 0 Å². The van der Waals surface area contributed by atoms with E-state index >= 15 is 0 Å². The van der Waals surface area contributed by atoms with Crippen LogP contribution in [0.3, 0.4) is 0 Å². The lowest BCUT2D eigenvalue weighted by Gasteiger charge is -2.23. The first-order chi connectivity index (χ1) is 7.66. The molecule has 0 aliphatic carbocycles. The maximum Gasteiger partial charge on any atom is 0.389 e. The molecule has 0 spiro atoms. The summed E-state index contributed by atoms with van der Waals surface area (Å²) in [5, 5.41) is 12.0. The minimum atomic E-state index is -4.34. The molecule has 4 nitrogen and oxygen atoms in total. The molecule has 1 atom stereocenters. The predicted octanol–water partition coefficient (Wildman–Crippen LogP) is 1.23. The standard InChI is InChI=1S/C10H18F3NO3/c1-9(16,5-6-17-2)7-14-8(15)3-4-10(11,12)13/h16H,3-7H2,1-2H3,(H,14,15). The van der Waals surface area contributed by atoms with E-state index in [2.05, 4.69) is 5.32 Å². The molecule has 0 fully saturated rings. The predicted molar refractivity (Wildman–Crippen MR) is 55.4 cm³/mol. The zero-order valence-corrected chi connectivity index (χ0v) is 9.93. The van der Waals surface area contributed by atoms with Crippen molar-refractivity contribution in [3.05, 3.63) is 0 Å². The molecule has 0 aliphatic rings. The average molecular weight is 257 g/mol. The van der Waals surface area contributed by atoms with E-state index in [9.17, 15) is 23.1 Å². The van der Waals surface area contributed by atoms with Gasteiger partial charge in [-0.1, -0.05) is 0 Å². The second-order valence-corrected chi connectivity index (χ2v) is 4.13. The largest absolute Gasteiger partial charge is 0.389 e. The highest BCUT2D eigenvalue weighted by atomic mass is 19.4. The maximum atomic E-state index is 11.8. The number of hydrogen-bond acceptors (Lipinski definition) is 3. The van der Waals surface area contributed by atoms with Crippen LogP contribution in [0.25, 0.3) is 0 Å². The Morgan fingerprint density at radius 3 is 2.41 bits per heavy atom. The number of carbonyl (C=O) groups excluding carboxylic acids is 1. The zero-order valence-electron chi connectivity index (χ0n) is 9.93. The molecule has 1 unspecified atom stereocenters. The summed E-state index contributed by atoms with van der Waals surface area (Å²) in [5.41, 5.74) is -1.18. The molecule has 0 rings (SSSR count). The van der Waals surface area contributed by atoms with Gasteiger partial charge in [-0.05, 0) is 6.92 Å². The van der Waals surface area contributed by atoms with E-state index in [-0.39, 0.29) is 6.54 Å². The molecule has 0 aliphatic heterocycles. The maximum absolute atomic E-state index is 11.8. The minimum absolute atomic E-state index is 0.0902. The number of ether oxygens (including phenoxy) is 1. The average Bonchev–Trinajstić information content (AvgIpc) is 2.20. The summed E-state index contributed by atoms with van der Waals surface area (Å²) in [5.74, 6) is -0.722. The fourth-order valence-electron chi connectivity index (χ4n) is 1.04. The van der Waals surface area contributed by atoms with E-state index < -0.39 is 30.5 Å². The zero-order chi connectivity index (χ0) is 13.5. The van der Waals surface area contributed by atoms with Crippen LogP contribution in [-0.2, 0) is 9.53 Å². The lowest BCUT2D eigenvalue weighted by molar-refractivity contribution is -0.144. The van der Waals surface area contributed by atoms with Crippen LogP contribution in [0.4, 0.5) is 13.2 Å². The topological polar surface area (TPSA) is 58.6 Å². The Kier molecular flexibility index (Phi) is 6.48. The number of rotatable bonds is 7. The molecule has 2 N–H and O–H groups in total. The Labute approximate surface area is 98.1 Å². The Balaban J connectivity index is 3.83. The first kappa shape index (κ1) is 16.2. The van der Waals surface area contributed by atoms with Gasteiger partial charge in [-0.2, -0.15) is 13.2 Å². The highest BCUT2D eigenvalue weighted by Gasteiger charge is 2.28. The second-order valence-electron chi connectivity index (χ2n) is 4.13. The monoisotopic (exact) mass is 257 g/mol. The molecule has 17 heavy (non-hydrogen) atoms. The first-order valence-corrected chi connectivity index (χ1v) is 5.21. The lowest BCUT2D eigenvalue weighted by atomic mass is 10.0. The van der Waals surface area contributed by atoms with Gasteiger partial charge in [-0.15, -0.1) is 0 Å². The van der Waals surface area contributed by atoms with Crippen LogP contribution in [0, 0.1) is 0 Å². The third-order valence-electron chi connectivity index (χ3n) is 2.15. The summed E-state index contributed by atoms with van der Waals surface area (Å²) in [6.07, 6.45) is -5.82. The van der Waals surface area contributed by atoms with Crippen LogP contribution in [0.5, 0.6) is 0 Å². The van der Waals surface area contributed by atoms with E-state index in [0.717, 1.165) is 0 Å². The van der Waals surface area contributed by atoms with Crippen molar-refractivity contribution in [2.75, 3.05) is 20.3 Å². The minimum Gasteiger partial charge on any atom is -0.388 e. The Bertz CT molecular complexity index is 241. The van der Waals surface area contributed by atoms with Crippen LogP contribution < -0.4 is 5.32 Å². The summed E-state index contributed by atoms with van der Waals surface area (Å²) < 4.78 is 40.2. The fourth-order valence-corrected chi connectivity index (χ4v) is 1.04. The van der Waals surface area contributed by atoms with Gasteiger partial charge in [0.2, 0.25) is 5.91 Å². The van der Waals surface area contributed by atoms with Gasteiger partial charge in [0, 0.05) is 33.1 Å². The summed E-state index contributed by atoms with van der Waals surface area (Å²) in [7, 11) is 1.47. The SMILES string of the molecule is COCCC(C)(O)CNC(=O)CCC(F)(F)F. The van der Waals surface area contributed by atoms with Crippen molar-refractivity contribution < 1.29 is 27.8 Å². The van der Waals surface area contributed by atoms with Gasteiger partial charge in [-0.25, -0.2) is 0 Å². The van der Waals surface area contributed by atoms with Gasteiger partial charge in [0.15, 0.2) is 0 Å². The highest BCUT2D eigenvalue weighted by Crippen LogP contribution is 2.21. The second kappa shape index (κ2) is 6.80. The summed E-state index contributed by atoms with van der Waals surface area (Å²) in [6.45, 7) is 1.70. The van der Waals surface area contributed by atoms with Crippen molar-refractivity contribution in [2.45, 2.75) is 38.0 Å². The summed E-state index contributed by atoms with van der Waals surface area (Å²) >= 11 is 0. The van der Waals surface area contributed by atoms with E-state index in [1.54, 1.807) is 0 Å². The van der Waals surface area contributed by atoms with E-state index in [1.165, 1.54) is 14.0 Å². The smallest absolute Gasteiger partial charge is 0.388 e. The summed E-state index contributed by atoms with van der Waals surface area (Å²) in [4.78, 5) is 11.1. The number of amides is 1. The number of nitrogens with one attached hydrogen (secondary N) is 1. The molecule has 0 bridgehead atoms. The Morgan fingerprint density at radius 1 is 1.35 bits per heavy atom. The fraction of sp³-hybridized carbons (Fsp3) is 0.900. The molecule has 7 heteroatoms. The third kappa shape index (κ3) is 10.1. The number of methoxy groups -OCH3 is 1. The van der Waals surface area contributed by atoms with Crippen molar-refractivity contribution in [1.82, 2.24) is 5.32 Å². The normalized spacial score (nSPS) is 15.4. The van der Waals surface area contributed by atoms with Gasteiger partial charge in [0.1, 0.15) is 0 Å². The molecule has 1 amide bonds. The van der Waals surface area contributed by atoms with E-state index in [1.807, 2.05) is 0 Å². The first-order valence-electron chi connectivity index (χ1n) is 5.21. The van der Waals surface area contributed by atoms with Gasteiger partial charge < -0.3 is 15.2 Å². The highest BCUT2D eigenvalue weighted by molar-refractivity contribution is 5.75. The van der Waals surface area contributed by atoms with Gasteiger partial charge in [0.25, 0.3) is 0 Å². The molecule has 0 heterocycles. The van der Waals surface area contributed by atoms with Crippen LogP contribution in [0.15, 0.2) is 0 Å². The number of hydrogen-bond donors (Lipinski definition) is 2. The van der Waals surface area contributed by atoms with Gasteiger partial charge in [0.05, 0.1) is 12.0 Å². The molecule has 102 valence electrons. The number of halogens is 3. The van der Waals surface area contributed by atoms with Crippen molar-refractivity contribution in [3.8, 4) is 0 Å². The molecule has 0 radical (unpaired) electrons. The van der Waals surface area contributed by atoms with Crippen molar-refractivity contribution in [2.24, 2.45) is 0 Å². The number of carbonyl (C=O) groups is 1. The number of alkyl halides is 3. The van der Waals surface area contributed by atoms with Gasteiger partial charge >= 0.3 is 6.18 Å². The summed E-state index contributed by atoms with van der Waals surface area (Å²) in [6, 6.07) is 0. The van der Waals surface area contributed by atoms with Crippen molar-refractivity contribution in [3.63, 3.8) is 0 Å². The van der Waals surface area contributed by atoms with E-state index in [4.69, 9.17) is 4.74 Å². The van der Waals surface area contributed by atoms with Crippen LogP contribution in [0.1, 0.15) is 26.2 Å². The third-order valence-corrected chi connectivity index (χ3v) is 2.15. The van der Waals surface area contributed by atoms with E-state index in [0.29, 0.717) is 13.0 Å². The lowest BCUT2D eigenvalue weighted by Crippen LogP contribution is -2.41. The molecule has 0 aromatic rings. The Morgan fingerprint density at radius 2 is 1.94 bits per heavy atom. The quantitative estimate of drug-likeness (QED) is 0.721. The van der Waals surface area contributed by atoms with Gasteiger partial charge in [-0.3, -0.25) is 4.79 Å². The molecule has 0 saturated carbocycles. The number of aliphatic hydroxyl groups is 1.